The normalized spacial score (nSPS) is 11.1. The molecule has 9 N–H and O–H groups in total. The number of carboxylic acids is 1. The van der Waals surface area contributed by atoms with Crippen LogP contribution < -0.4 is 26.2 Å². The first-order valence-corrected chi connectivity index (χ1v) is 33.5. The van der Waals surface area contributed by atoms with Crippen molar-refractivity contribution in [3.05, 3.63) is 236 Å². The fraction of sp³-hybridized carbons (Fsp3) is 0.384. The number of hydrogen-bond acceptors (Lipinski definition) is 17. The van der Waals surface area contributed by atoms with Crippen LogP contribution in [0.5, 0.6) is 0 Å². The molecule has 0 unspecified atom stereocenters. The van der Waals surface area contributed by atoms with Gasteiger partial charge in [-0.15, -0.1) is 0 Å². The van der Waals surface area contributed by atoms with Crippen molar-refractivity contribution in [3.8, 4) is 0 Å². The number of aryl methyl sites for hydroxylation is 3. The van der Waals surface area contributed by atoms with Gasteiger partial charge in [0.15, 0.2) is 0 Å². The van der Waals surface area contributed by atoms with Gasteiger partial charge in [-0.2, -0.15) is 65.9 Å². The average molecular weight is 1560 g/mol. The van der Waals surface area contributed by atoms with E-state index < -0.39 is 64.7 Å². The fourth-order valence-electron chi connectivity index (χ4n) is 8.49. The molecule has 5 aromatic carbocycles. The van der Waals surface area contributed by atoms with Gasteiger partial charge in [-0.3, -0.25) is 9.59 Å². The average Bonchev–Trinajstić information content (AvgIpc) is 0.891. The van der Waals surface area contributed by atoms with Crippen LogP contribution in [0.2, 0.25) is 5.28 Å². The number of hydrogen-bond donors (Lipinski definition) is 8. The summed E-state index contributed by atoms with van der Waals surface area (Å²) in [6.07, 6.45) is -6.53. The molecular weight excluding hydrogens is 1480 g/mol. The van der Waals surface area contributed by atoms with Crippen LogP contribution in [-0.2, 0) is 96.6 Å². The molecule has 0 saturated heterocycles. The minimum Gasteiger partial charge on any atom is -0.481 e. The molecule has 0 radical (unpaired) electrons. The highest BCUT2D eigenvalue weighted by Crippen LogP contribution is 2.33. The number of aliphatic carboxylic acids is 1. The lowest BCUT2D eigenvalue weighted by molar-refractivity contribution is -0.138. The van der Waals surface area contributed by atoms with E-state index in [2.05, 4.69) is 40.5 Å². The summed E-state index contributed by atoms with van der Waals surface area (Å²) in [6, 6.07) is 23.7. The Morgan fingerprint density at radius 1 is 0.417 bits per heavy atom. The molecule has 0 spiro atoms. The van der Waals surface area contributed by atoms with Crippen molar-refractivity contribution in [2.45, 2.75) is 103 Å². The molecule has 0 bridgehead atoms. The van der Waals surface area contributed by atoms with Crippen molar-refractivity contribution in [2.75, 3.05) is 88.6 Å². The number of carbonyl (C=O) groups excluding carboxylic acids is 2. The van der Waals surface area contributed by atoms with Gasteiger partial charge in [0.05, 0.1) is 73.6 Å². The second-order valence-electron chi connectivity index (χ2n) is 22.6. The van der Waals surface area contributed by atoms with Crippen LogP contribution >= 0.6 is 11.6 Å². The van der Waals surface area contributed by atoms with Gasteiger partial charge < -0.3 is 56.5 Å². The van der Waals surface area contributed by atoms with Crippen molar-refractivity contribution in [2.24, 2.45) is 5.73 Å². The molecule has 8 rings (SSSR count). The predicted molar refractivity (Wildman–Crippen MR) is 376 cm³/mol. The summed E-state index contributed by atoms with van der Waals surface area (Å²) in [5, 5.41) is 48.0. The number of aliphatic hydroxyl groups excluding tert-OH is 4. The lowest BCUT2D eigenvalue weighted by Gasteiger charge is -2.21. The maximum absolute atomic E-state index is 12.6. The van der Waals surface area contributed by atoms with Crippen molar-refractivity contribution >= 4 is 41.7 Å². The molecule has 35 heteroatoms. The number of aliphatic hydroxyl groups is 4. The summed E-state index contributed by atoms with van der Waals surface area (Å²) in [5.41, 5.74) is 7.67. The first-order chi connectivity index (χ1) is 51.0. The zero-order chi connectivity index (χ0) is 80.9. The Kier molecular flexibility index (Phi) is 43.4. The van der Waals surface area contributed by atoms with Crippen molar-refractivity contribution in [3.63, 3.8) is 0 Å². The number of alkyl halides is 15. The van der Waals surface area contributed by atoms with Crippen molar-refractivity contribution < 1.29 is 106 Å². The van der Waals surface area contributed by atoms with Gasteiger partial charge in [-0.05, 0) is 162 Å². The number of benzene rings is 5. The first-order valence-electron chi connectivity index (χ1n) is 33.1. The zero-order valence-corrected chi connectivity index (χ0v) is 59.6. The SMILES string of the molecule is CCc1cnc(Cl)nc1.CCc1cnc(N(CC=O)CCc2ccc(C(F)(F)F)cc2)nc1.CCc1cnc(N(CCO)CCc2ccc(C(F)(F)F)cc2)nc1.NCCO.O=C(Cc1ccc(C(F)(F)F)cc1)NCCO.O=C(O)Cc1ccc(C(F)(F)F)cc1.OCCNCCc1ccc(C(F)(F)F)cc1. The Labute approximate surface area is 619 Å². The van der Waals surface area contributed by atoms with Crippen LogP contribution in [0.3, 0.4) is 0 Å². The summed E-state index contributed by atoms with van der Waals surface area (Å²) in [5.74, 6) is -0.456. The summed E-state index contributed by atoms with van der Waals surface area (Å²) in [6.45, 7) is 9.10. The number of aldehydes is 1. The van der Waals surface area contributed by atoms with Gasteiger partial charge in [0, 0.05) is 76.4 Å². The van der Waals surface area contributed by atoms with E-state index in [1.807, 2.05) is 25.7 Å². The number of halogens is 16. The van der Waals surface area contributed by atoms with E-state index in [4.69, 9.17) is 37.8 Å². The van der Waals surface area contributed by atoms with Crippen LogP contribution in [0, 0.1) is 0 Å². The predicted octanol–water partition coefficient (Wildman–Crippen LogP) is 12.6. The van der Waals surface area contributed by atoms with Gasteiger partial charge in [0.2, 0.25) is 23.1 Å². The van der Waals surface area contributed by atoms with Crippen LogP contribution in [0.25, 0.3) is 0 Å². The van der Waals surface area contributed by atoms with E-state index >= 15 is 0 Å². The molecule has 108 heavy (non-hydrogen) atoms. The number of nitrogens with one attached hydrogen (secondary N) is 2. The van der Waals surface area contributed by atoms with Gasteiger partial charge >= 0.3 is 36.9 Å². The number of nitrogens with zero attached hydrogens (tertiary/aromatic N) is 8. The molecule has 0 aliphatic heterocycles. The monoisotopic (exact) mass is 1560 g/mol. The molecule has 8 aromatic rings. The quantitative estimate of drug-likeness (QED) is 0.0103. The molecular formula is C73H85ClF15N11O8. The zero-order valence-electron chi connectivity index (χ0n) is 58.9. The number of aromatic nitrogens is 6. The molecule has 592 valence electrons. The highest BCUT2D eigenvalue weighted by atomic mass is 35.5. The van der Waals surface area contributed by atoms with Crippen molar-refractivity contribution in [1.82, 2.24) is 40.5 Å². The molecule has 0 fully saturated rings. The lowest BCUT2D eigenvalue weighted by atomic mass is 10.1. The van der Waals surface area contributed by atoms with E-state index in [9.17, 15) is 85.3 Å². The number of anilines is 2. The maximum atomic E-state index is 12.6. The highest BCUT2D eigenvalue weighted by Gasteiger charge is 2.33. The highest BCUT2D eigenvalue weighted by molar-refractivity contribution is 6.28. The molecule has 3 heterocycles. The second kappa shape index (κ2) is 49.5. The maximum Gasteiger partial charge on any atom is 0.416 e. The summed E-state index contributed by atoms with van der Waals surface area (Å²) < 4.78 is 185. The minimum atomic E-state index is -4.37. The molecule has 0 aliphatic carbocycles. The summed E-state index contributed by atoms with van der Waals surface area (Å²) in [7, 11) is 0. The van der Waals surface area contributed by atoms with Gasteiger partial charge in [0.25, 0.3) is 0 Å². The Bertz CT molecular complexity index is 3760. The second-order valence-corrected chi connectivity index (χ2v) is 22.9. The topological polar surface area (TPSA) is 286 Å². The molecule has 19 nitrogen and oxygen atoms in total. The molecule has 3 aromatic heterocycles. The van der Waals surface area contributed by atoms with Crippen LogP contribution in [0.4, 0.5) is 77.8 Å². The smallest absolute Gasteiger partial charge is 0.416 e. The fourth-order valence-corrected chi connectivity index (χ4v) is 8.59. The van der Waals surface area contributed by atoms with E-state index in [0.717, 1.165) is 132 Å². The van der Waals surface area contributed by atoms with Crippen LogP contribution in [-0.4, -0.2) is 152 Å². The van der Waals surface area contributed by atoms with E-state index in [1.165, 1.54) is 48.5 Å². The number of carbonyl (C=O) groups is 3. The van der Waals surface area contributed by atoms with Crippen LogP contribution in [0.15, 0.2) is 159 Å². The Morgan fingerprint density at radius 2 is 0.722 bits per heavy atom. The Hall–Kier alpha value is -9.45. The Balaban J connectivity index is 0.000000445. The van der Waals surface area contributed by atoms with Gasteiger partial charge in [-0.25, -0.2) is 29.9 Å². The number of nitrogens with two attached hydrogens (primary N) is 1. The molecule has 1 amide bonds. The number of amides is 1. The van der Waals surface area contributed by atoms with E-state index in [0.29, 0.717) is 86.8 Å². The standard InChI is InChI=1S/C17H20F3N3O.C17H18F3N3O.C11H12F3NO2.C11H14F3NO.C9H7F3O2.C6H7ClN2.C2H7NO/c2*1-2-13-11-21-16(22-12-13)23(9-10-24)8-7-14-3-5-15(6-4-14)17(18,19)20;12-11(13,14)9-3-1-8(2-4-9)7-10(17)15-5-6-16;12-11(13,14)10-3-1-9(2-4-10)5-6-15-7-8-16;10-9(11,12)7-3-1-6(2-4-7)5-8(13)14;1-2-5-3-8-6(7)9-4-5;3-1-2-4/h3-6,11-12,24H,2,7-10H2,1H3;3-6,10-12H,2,7-9H2,1H3;1-4,16H,5-7H2,(H,15,17);1-4,15-16H,5-8H2;1-4H,5H2,(H,13,14);3-4H,2H2,1H3;4H,1-3H2. The third-order valence-corrected chi connectivity index (χ3v) is 14.6. The first kappa shape index (κ1) is 94.6. The lowest BCUT2D eigenvalue weighted by Crippen LogP contribution is -2.30. The number of carboxylic acid groups (broad SMARTS) is 1. The Morgan fingerprint density at radius 3 is 1.02 bits per heavy atom. The third kappa shape index (κ3) is 39.4. The molecule has 0 saturated carbocycles. The van der Waals surface area contributed by atoms with Crippen molar-refractivity contribution in [1.29, 1.82) is 0 Å². The summed E-state index contributed by atoms with van der Waals surface area (Å²) >= 11 is 5.45. The summed E-state index contributed by atoms with van der Waals surface area (Å²) in [4.78, 5) is 60.4. The largest absolute Gasteiger partial charge is 0.481 e. The van der Waals surface area contributed by atoms with E-state index in [1.54, 1.807) is 42.1 Å². The van der Waals surface area contributed by atoms with E-state index in [-0.39, 0.29) is 58.3 Å². The van der Waals surface area contributed by atoms with Gasteiger partial charge in [-0.1, -0.05) is 81.4 Å². The molecule has 0 aliphatic rings. The number of rotatable bonds is 27. The minimum absolute atomic E-state index is 0.00185. The molecule has 0 atom stereocenters. The van der Waals surface area contributed by atoms with Crippen LogP contribution in [0.1, 0.15) is 93.1 Å². The third-order valence-electron chi connectivity index (χ3n) is 14.4. The van der Waals surface area contributed by atoms with Gasteiger partial charge in [0.1, 0.15) is 6.29 Å².